The summed E-state index contributed by atoms with van der Waals surface area (Å²) in [5.41, 5.74) is 2.04. The van der Waals surface area contributed by atoms with Gasteiger partial charge in [0.1, 0.15) is 24.0 Å². The first-order valence-electron chi connectivity index (χ1n) is 11.0. The Morgan fingerprint density at radius 1 is 1.09 bits per heavy atom. The minimum atomic E-state index is -0.454. The molecule has 0 spiro atoms. The molecule has 0 bridgehead atoms. The molecule has 0 unspecified atom stereocenters. The van der Waals surface area contributed by atoms with E-state index in [2.05, 4.69) is 17.0 Å². The first-order valence-corrected chi connectivity index (χ1v) is 11.8. The Balaban J connectivity index is 1.43. The predicted molar refractivity (Wildman–Crippen MR) is 135 cm³/mol. The van der Waals surface area contributed by atoms with Gasteiger partial charge in [-0.05, 0) is 67.4 Å². The van der Waals surface area contributed by atoms with Gasteiger partial charge in [0.25, 0.3) is 5.91 Å². The molecular weight excluding hydrogens is 452 g/mol. The van der Waals surface area contributed by atoms with Crippen molar-refractivity contribution in [3.63, 3.8) is 0 Å². The van der Waals surface area contributed by atoms with Crippen molar-refractivity contribution >= 4 is 39.8 Å². The van der Waals surface area contributed by atoms with Gasteiger partial charge in [-0.2, -0.15) is 15.1 Å². The van der Waals surface area contributed by atoms with Crippen LogP contribution in [0.1, 0.15) is 30.9 Å². The summed E-state index contributed by atoms with van der Waals surface area (Å²) < 4.78 is 17.0. The van der Waals surface area contributed by atoms with Gasteiger partial charge < -0.3 is 14.2 Å². The van der Waals surface area contributed by atoms with Crippen molar-refractivity contribution in [2.75, 3.05) is 20.3 Å². The average Bonchev–Trinajstić information content (AvgIpc) is 3.24. The number of hydrazone groups is 1. The van der Waals surface area contributed by atoms with Crippen LogP contribution in [0.25, 0.3) is 6.08 Å². The van der Waals surface area contributed by atoms with Gasteiger partial charge in [0, 0.05) is 0 Å². The maximum absolute atomic E-state index is 12.6. The number of carbonyl (C=O) groups excluding carboxylic acids is 1. The summed E-state index contributed by atoms with van der Waals surface area (Å²) in [4.78, 5) is 16.7. The number of aryl methyl sites for hydroxylation is 1. The number of fused-ring (bicyclic) bond motifs is 1. The van der Waals surface area contributed by atoms with Gasteiger partial charge in [-0.1, -0.05) is 30.7 Å². The molecule has 2 aliphatic rings. The van der Waals surface area contributed by atoms with Gasteiger partial charge in [-0.15, -0.1) is 0 Å². The number of amides is 1. The van der Waals surface area contributed by atoms with Crippen molar-refractivity contribution < 1.29 is 19.0 Å². The fourth-order valence-electron chi connectivity index (χ4n) is 3.35. The van der Waals surface area contributed by atoms with Crippen LogP contribution < -0.4 is 14.2 Å². The van der Waals surface area contributed by atoms with Crippen LogP contribution in [0.4, 0.5) is 0 Å². The van der Waals surface area contributed by atoms with Gasteiger partial charge in [-0.3, -0.25) is 10.2 Å². The van der Waals surface area contributed by atoms with Crippen molar-refractivity contribution in [1.29, 1.82) is 5.41 Å². The highest BCUT2D eigenvalue weighted by Crippen LogP contribution is 2.32. The Hall–Kier alpha value is -3.59. The molecule has 9 heteroatoms. The Bertz CT molecular complexity index is 1190. The van der Waals surface area contributed by atoms with Crippen LogP contribution in [0, 0.1) is 12.3 Å². The van der Waals surface area contributed by atoms with E-state index in [9.17, 15) is 4.79 Å². The second kappa shape index (κ2) is 10.6. The summed E-state index contributed by atoms with van der Waals surface area (Å²) >= 11 is 1.34. The largest absolute Gasteiger partial charge is 0.493 e. The molecule has 0 aliphatic carbocycles. The normalized spacial score (nSPS) is 16.3. The number of benzene rings is 2. The summed E-state index contributed by atoms with van der Waals surface area (Å²) in [6.45, 7) is 4.81. The van der Waals surface area contributed by atoms with Gasteiger partial charge in [0.05, 0.1) is 12.7 Å². The first kappa shape index (κ1) is 23.6. The highest BCUT2D eigenvalue weighted by Gasteiger charge is 2.35. The summed E-state index contributed by atoms with van der Waals surface area (Å²) in [6, 6.07) is 13.2. The first-order chi connectivity index (χ1) is 16.5. The third-order valence-electron chi connectivity index (χ3n) is 5.09. The second-order valence-electron chi connectivity index (χ2n) is 7.68. The molecule has 1 amide bonds. The molecule has 0 saturated carbocycles. The molecule has 2 aromatic carbocycles. The van der Waals surface area contributed by atoms with Crippen LogP contribution in [-0.2, 0) is 4.79 Å². The number of ether oxygens (including phenoxy) is 3. The topological polar surface area (TPSA) is 96.6 Å². The van der Waals surface area contributed by atoms with Crippen molar-refractivity contribution in [2.45, 2.75) is 26.7 Å². The molecular formula is C25H26N4O4S. The number of thioether (sulfide) groups is 1. The van der Waals surface area contributed by atoms with Gasteiger partial charge >= 0.3 is 0 Å². The summed E-state index contributed by atoms with van der Waals surface area (Å²) in [7, 11) is 1.55. The van der Waals surface area contributed by atoms with Gasteiger partial charge in [0.2, 0.25) is 5.17 Å². The van der Waals surface area contributed by atoms with Gasteiger partial charge in [-0.25, -0.2) is 0 Å². The maximum Gasteiger partial charge on any atom is 0.283 e. The fourth-order valence-corrected chi connectivity index (χ4v) is 4.34. The molecule has 2 aromatic rings. The van der Waals surface area contributed by atoms with Crippen molar-refractivity contribution in [1.82, 2.24) is 5.01 Å². The number of amidine groups is 2. The van der Waals surface area contributed by atoms with E-state index in [-0.39, 0.29) is 11.4 Å². The summed E-state index contributed by atoms with van der Waals surface area (Å²) in [5.74, 6) is 1.43. The van der Waals surface area contributed by atoms with Crippen molar-refractivity contribution in [3.8, 4) is 17.2 Å². The smallest absolute Gasteiger partial charge is 0.283 e. The molecule has 34 heavy (non-hydrogen) atoms. The van der Waals surface area contributed by atoms with E-state index in [1.54, 1.807) is 31.4 Å². The van der Waals surface area contributed by atoms with Crippen LogP contribution in [-0.4, -0.2) is 47.3 Å². The van der Waals surface area contributed by atoms with Crippen LogP contribution >= 0.6 is 11.8 Å². The van der Waals surface area contributed by atoms with E-state index in [0.717, 1.165) is 23.6 Å². The lowest BCUT2D eigenvalue weighted by molar-refractivity contribution is -0.114. The van der Waals surface area contributed by atoms with Crippen molar-refractivity contribution in [2.24, 2.45) is 10.1 Å². The van der Waals surface area contributed by atoms with E-state index >= 15 is 0 Å². The third-order valence-corrected chi connectivity index (χ3v) is 6.06. The molecule has 0 atom stereocenters. The minimum Gasteiger partial charge on any atom is -0.493 e. The molecule has 4 rings (SSSR count). The molecule has 0 saturated heterocycles. The molecule has 0 fully saturated rings. The summed E-state index contributed by atoms with van der Waals surface area (Å²) in [6.07, 6.45) is 3.34. The van der Waals surface area contributed by atoms with Crippen molar-refractivity contribution in [3.05, 3.63) is 59.2 Å². The van der Waals surface area contributed by atoms with E-state index < -0.39 is 5.91 Å². The van der Waals surface area contributed by atoms with Crippen LogP contribution in [0.3, 0.4) is 0 Å². The maximum atomic E-state index is 12.6. The second-order valence-corrected chi connectivity index (χ2v) is 8.72. The number of rotatable bonds is 9. The lowest BCUT2D eigenvalue weighted by atomic mass is 10.1. The molecule has 0 aromatic heterocycles. The van der Waals surface area contributed by atoms with E-state index in [0.29, 0.717) is 35.4 Å². The molecule has 1 N–H and O–H groups in total. The summed E-state index contributed by atoms with van der Waals surface area (Å²) in [5, 5.41) is 15.6. The number of methoxy groups -OCH3 is 1. The molecule has 2 heterocycles. The number of carbonyl (C=O) groups is 1. The third kappa shape index (κ3) is 5.31. The fraction of sp³-hybridized carbons (Fsp3) is 0.280. The number of hydrogen-bond acceptors (Lipinski definition) is 7. The van der Waals surface area contributed by atoms with E-state index in [1.807, 2.05) is 31.2 Å². The minimum absolute atomic E-state index is 0.0150. The Kier molecular flexibility index (Phi) is 7.32. The number of hydrogen-bond donors (Lipinski definition) is 1. The molecule has 176 valence electrons. The zero-order valence-electron chi connectivity index (χ0n) is 19.3. The van der Waals surface area contributed by atoms with E-state index in [4.69, 9.17) is 19.6 Å². The number of nitrogens with one attached hydrogen (secondary N) is 1. The highest BCUT2D eigenvalue weighted by atomic mass is 32.2. The zero-order chi connectivity index (χ0) is 24.1. The standard InChI is InChI=1S/C25H26N4O4S/c1-4-5-22-28-29-23(26)19(24(30)27-25(29)34-22)14-17-8-11-20(21(15-17)31-3)33-13-12-32-18-9-6-16(2)7-10-18/h6-11,14-15,26H,4-5,12-13H2,1-3H3. The monoisotopic (exact) mass is 478 g/mol. The Morgan fingerprint density at radius 2 is 1.85 bits per heavy atom. The van der Waals surface area contributed by atoms with Crippen LogP contribution in [0.5, 0.6) is 17.2 Å². The Labute approximate surface area is 202 Å². The number of aliphatic imine (C=N–C) groups is 1. The molecule has 8 nitrogen and oxygen atoms in total. The van der Waals surface area contributed by atoms with E-state index in [1.165, 1.54) is 22.3 Å². The van der Waals surface area contributed by atoms with Crippen LogP contribution in [0.2, 0.25) is 0 Å². The highest BCUT2D eigenvalue weighted by molar-refractivity contribution is 8.26. The molecule has 0 radical (unpaired) electrons. The molecule has 2 aliphatic heterocycles. The zero-order valence-corrected chi connectivity index (χ0v) is 20.1. The van der Waals surface area contributed by atoms with Gasteiger partial charge in [0.15, 0.2) is 17.3 Å². The van der Waals surface area contributed by atoms with Crippen LogP contribution in [0.15, 0.2) is 58.1 Å². The quantitative estimate of drug-likeness (QED) is 0.408. The average molecular weight is 479 g/mol. The lowest BCUT2D eigenvalue weighted by Crippen LogP contribution is -2.35. The predicted octanol–water partition coefficient (Wildman–Crippen LogP) is 4.88. The lowest BCUT2D eigenvalue weighted by Gasteiger charge is -2.20. The Morgan fingerprint density at radius 3 is 2.59 bits per heavy atom. The SMILES string of the molecule is CCCC1=NN2C(=N)C(=Cc3ccc(OCCOc4ccc(C)cc4)c(OC)c3)C(=O)N=C2S1. The number of nitrogens with zero attached hydrogens (tertiary/aromatic N) is 3.